The lowest BCUT2D eigenvalue weighted by atomic mass is 9.99. The summed E-state index contributed by atoms with van der Waals surface area (Å²) < 4.78 is 0. The van der Waals surface area contributed by atoms with Gasteiger partial charge in [-0.1, -0.05) is 12.1 Å². The fraction of sp³-hybridized carbons (Fsp3) is 0.462. The number of hydrogen-bond acceptors (Lipinski definition) is 5. The van der Waals surface area contributed by atoms with Crippen LogP contribution < -0.4 is 0 Å². The zero-order valence-corrected chi connectivity index (χ0v) is 10.8. The van der Waals surface area contributed by atoms with Gasteiger partial charge in [0.1, 0.15) is 6.04 Å². The summed E-state index contributed by atoms with van der Waals surface area (Å²) in [5, 5.41) is 29.9. The maximum Gasteiger partial charge on any atom is 0.325 e. The summed E-state index contributed by atoms with van der Waals surface area (Å²) in [4.78, 5) is 23.7. The molecule has 1 fully saturated rings. The van der Waals surface area contributed by atoms with Crippen LogP contribution in [0.15, 0.2) is 24.3 Å². The van der Waals surface area contributed by atoms with Crippen LogP contribution in [0.3, 0.4) is 0 Å². The van der Waals surface area contributed by atoms with Crippen molar-refractivity contribution in [1.82, 2.24) is 4.90 Å². The fourth-order valence-electron chi connectivity index (χ4n) is 2.51. The maximum atomic E-state index is 11.5. The number of nitro benzene ring substituents is 1. The lowest BCUT2D eigenvalue weighted by molar-refractivity contribution is -0.386. The lowest BCUT2D eigenvalue weighted by Gasteiger charge is -2.33. The van der Waals surface area contributed by atoms with Crippen molar-refractivity contribution in [1.29, 1.82) is 0 Å². The Labute approximate surface area is 115 Å². The van der Waals surface area contributed by atoms with E-state index in [0.29, 0.717) is 25.9 Å². The Hall–Kier alpha value is -1.99. The number of aliphatic carboxylic acids is 1. The number of likely N-dealkylation sites (tertiary alicyclic amines) is 1. The van der Waals surface area contributed by atoms with Crippen molar-refractivity contribution in [2.24, 2.45) is 0 Å². The average Bonchev–Trinajstić information content (AvgIpc) is 2.41. The molecule has 2 rings (SSSR count). The van der Waals surface area contributed by atoms with Crippen molar-refractivity contribution in [3.63, 3.8) is 0 Å². The second-order valence-electron chi connectivity index (χ2n) is 4.82. The Morgan fingerprint density at radius 2 is 1.95 bits per heavy atom. The predicted octanol–water partition coefficient (Wildman–Crippen LogP) is 1.18. The minimum Gasteiger partial charge on any atom is -0.480 e. The highest BCUT2D eigenvalue weighted by atomic mass is 16.6. The minimum absolute atomic E-state index is 0.182. The molecule has 1 aromatic rings. The molecule has 108 valence electrons. The monoisotopic (exact) mass is 280 g/mol. The Bertz CT molecular complexity index is 511. The Kier molecular flexibility index (Phi) is 4.31. The molecule has 7 heteroatoms. The number of rotatable bonds is 4. The molecule has 20 heavy (non-hydrogen) atoms. The molecule has 0 bridgehead atoms. The van der Waals surface area contributed by atoms with Gasteiger partial charge in [-0.25, -0.2) is 0 Å². The molecule has 0 spiro atoms. The number of benzene rings is 1. The molecular weight excluding hydrogens is 264 g/mol. The van der Waals surface area contributed by atoms with Gasteiger partial charge in [0.25, 0.3) is 5.69 Å². The summed E-state index contributed by atoms with van der Waals surface area (Å²) in [6.07, 6.45) is 0.529. The zero-order chi connectivity index (χ0) is 14.7. The molecular formula is C13H16N2O5. The zero-order valence-electron chi connectivity index (χ0n) is 10.8. The summed E-state index contributed by atoms with van der Waals surface area (Å²) in [5.74, 6) is -1.12. The van der Waals surface area contributed by atoms with E-state index in [2.05, 4.69) is 0 Å². The summed E-state index contributed by atoms with van der Waals surface area (Å²) in [7, 11) is 0. The third kappa shape index (κ3) is 2.94. The van der Waals surface area contributed by atoms with Crippen LogP contribution in [0.25, 0.3) is 0 Å². The average molecular weight is 280 g/mol. The molecule has 1 saturated heterocycles. The van der Waals surface area contributed by atoms with E-state index < -0.39 is 23.0 Å². The second-order valence-corrected chi connectivity index (χ2v) is 4.82. The fourth-order valence-corrected chi connectivity index (χ4v) is 2.51. The van der Waals surface area contributed by atoms with Crippen molar-refractivity contribution >= 4 is 11.7 Å². The minimum atomic E-state index is -1.12. The van der Waals surface area contributed by atoms with Gasteiger partial charge in [-0.3, -0.25) is 19.8 Å². The molecule has 7 nitrogen and oxygen atoms in total. The molecule has 1 atom stereocenters. The van der Waals surface area contributed by atoms with Crippen molar-refractivity contribution in [2.45, 2.75) is 25.0 Å². The largest absolute Gasteiger partial charge is 0.480 e. The van der Waals surface area contributed by atoms with E-state index in [1.807, 2.05) is 0 Å². The number of aliphatic hydroxyl groups excluding tert-OH is 1. The summed E-state index contributed by atoms with van der Waals surface area (Å²) >= 11 is 0. The molecule has 1 aliphatic heterocycles. The molecule has 0 radical (unpaired) electrons. The summed E-state index contributed by atoms with van der Waals surface area (Å²) in [5.41, 5.74) is -0.00703. The van der Waals surface area contributed by atoms with E-state index in [-0.39, 0.29) is 11.3 Å². The number of aliphatic hydroxyl groups is 1. The number of nitrogens with zero attached hydrogens (tertiary/aromatic N) is 2. The van der Waals surface area contributed by atoms with E-state index in [9.17, 15) is 25.1 Å². The molecule has 0 aromatic heterocycles. The number of carbonyl (C=O) groups is 1. The highest BCUT2D eigenvalue weighted by Crippen LogP contribution is 2.31. The smallest absolute Gasteiger partial charge is 0.325 e. The van der Waals surface area contributed by atoms with Gasteiger partial charge in [-0.05, 0) is 18.9 Å². The first-order valence-electron chi connectivity index (χ1n) is 6.39. The third-order valence-electron chi connectivity index (χ3n) is 3.53. The van der Waals surface area contributed by atoms with E-state index in [4.69, 9.17) is 0 Å². The highest BCUT2D eigenvalue weighted by Gasteiger charge is 2.34. The van der Waals surface area contributed by atoms with Gasteiger partial charge in [0.05, 0.1) is 16.6 Å². The van der Waals surface area contributed by atoms with Gasteiger partial charge in [0.2, 0.25) is 0 Å². The van der Waals surface area contributed by atoms with Gasteiger partial charge in [0, 0.05) is 19.2 Å². The van der Waals surface area contributed by atoms with Crippen LogP contribution >= 0.6 is 0 Å². The number of para-hydroxylation sites is 1. The molecule has 2 N–H and O–H groups in total. The third-order valence-corrected chi connectivity index (χ3v) is 3.53. The first kappa shape index (κ1) is 14.4. The highest BCUT2D eigenvalue weighted by molar-refractivity contribution is 5.77. The van der Waals surface area contributed by atoms with E-state index >= 15 is 0 Å². The Balaban J connectivity index is 2.34. The predicted molar refractivity (Wildman–Crippen MR) is 70.3 cm³/mol. The topological polar surface area (TPSA) is 104 Å². The van der Waals surface area contributed by atoms with Gasteiger partial charge < -0.3 is 10.2 Å². The molecule has 0 saturated carbocycles. The van der Waals surface area contributed by atoms with E-state index in [1.54, 1.807) is 11.0 Å². The SMILES string of the molecule is O=C(O)C(c1ccccc1[N+](=O)[O-])N1CCC(O)CC1. The number of carboxylic acids is 1. The molecule has 0 amide bonds. The van der Waals surface area contributed by atoms with Crippen molar-refractivity contribution < 1.29 is 19.9 Å². The van der Waals surface area contributed by atoms with Crippen molar-refractivity contribution in [3.8, 4) is 0 Å². The van der Waals surface area contributed by atoms with Crippen molar-refractivity contribution in [2.75, 3.05) is 13.1 Å². The summed E-state index contributed by atoms with van der Waals surface area (Å²) in [6.45, 7) is 0.814. The molecule has 0 aliphatic carbocycles. The normalized spacial score (nSPS) is 18.6. The van der Waals surface area contributed by atoms with Gasteiger partial charge in [-0.15, -0.1) is 0 Å². The molecule has 1 aromatic carbocycles. The number of hydrogen-bond donors (Lipinski definition) is 2. The standard InChI is InChI=1S/C13H16N2O5/c16-9-5-7-14(8-6-9)12(13(17)18)10-3-1-2-4-11(10)15(19)20/h1-4,9,12,16H,5-8H2,(H,17,18). The maximum absolute atomic E-state index is 11.5. The van der Waals surface area contributed by atoms with Crippen LogP contribution in [0.2, 0.25) is 0 Å². The van der Waals surface area contributed by atoms with Crippen LogP contribution in [-0.4, -0.2) is 45.2 Å². The number of piperidine rings is 1. The van der Waals surface area contributed by atoms with Crippen LogP contribution in [-0.2, 0) is 4.79 Å². The molecule has 1 unspecified atom stereocenters. The Morgan fingerprint density at radius 1 is 1.35 bits per heavy atom. The number of carboxylic acid groups (broad SMARTS) is 1. The van der Waals surface area contributed by atoms with Gasteiger partial charge in [0.15, 0.2) is 0 Å². The Morgan fingerprint density at radius 3 is 2.50 bits per heavy atom. The van der Waals surface area contributed by atoms with Crippen LogP contribution in [0.1, 0.15) is 24.4 Å². The second kappa shape index (κ2) is 5.98. The van der Waals surface area contributed by atoms with E-state index in [0.717, 1.165) is 0 Å². The van der Waals surface area contributed by atoms with Gasteiger partial charge >= 0.3 is 5.97 Å². The number of nitro groups is 1. The first-order chi connectivity index (χ1) is 9.50. The first-order valence-corrected chi connectivity index (χ1v) is 6.39. The lowest BCUT2D eigenvalue weighted by Crippen LogP contribution is -2.41. The quantitative estimate of drug-likeness (QED) is 0.634. The van der Waals surface area contributed by atoms with Crippen LogP contribution in [0.4, 0.5) is 5.69 Å². The van der Waals surface area contributed by atoms with Crippen molar-refractivity contribution in [3.05, 3.63) is 39.9 Å². The summed E-state index contributed by atoms with van der Waals surface area (Å²) in [6, 6.07) is 4.84. The van der Waals surface area contributed by atoms with Crippen LogP contribution in [0, 0.1) is 10.1 Å². The van der Waals surface area contributed by atoms with Crippen LogP contribution in [0.5, 0.6) is 0 Å². The van der Waals surface area contributed by atoms with E-state index in [1.165, 1.54) is 18.2 Å². The molecule has 1 aliphatic rings. The molecule has 1 heterocycles. The van der Waals surface area contributed by atoms with Gasteiger partial charge in [-0.2, -0.15) is 0 Å².